The van der Waals surface area contributed by atoms with Crippen LogP contribution in [0.5, 0.6) is 11.5 Å². The van der Waals surface area contributed by atoms with Gasteiger partial charge in [-0.3, -0.25) is 0 Å². The third kappa shape index (κ3) is 2.91. The number of benzene rings is 5. The van der Waals surface area contributed by atoms with Crippen molar-refractivity contribution in [2.45, 2.75) is 12.8 Å². The Hall–Kier alpha value is -3.97. The molecule has 3 heterocycles. The van der Waals surface area contributed by atoms with Crippen molar-refractivity contribution in [1.29, 1.82) is 0 Å². The van der Waals surface area contributed by atoms with Gasteiger partial charge in [0.15, 0.2) is 0 Å². The fourth-order valence-electron chi connectivity index (χ4n) is 6.60. The van der Waals surface area contributed by atoms with Crippen molar-refractivity contribution in [2.75, 3.05) is 0 Å². The first kappa shape index (κ1) is 19.3. The second-order valence-electron chi connectivity index (χ2n) is 10.1. The van der Waals surface area contributed by atoms with Gasteiger partial charge in [0.1, 0.15) is 11.5 Å². The molecule has 0 aliphatic carbocycles. The van der Waals surface area contributed by atoms with Gasteiger partial charge in [0.05, 0.1) is 0 Å². The number of fused-ring (bicyclic) bond motifs is 10. The topological polar surface area (TPSA) is 9.23 Å². The Bertz CT molecular complexity index is 1540. The summed E-state index contributed by atoms with van der Waals surface area (Å²) in [4.78, 5) is 0. The molecule has 0 saturated carbocycles. The van der Waals surface area contributed by atoms with E-state index in [1.807, 2.05) is 0 Å². The van der Waals surface area contributed by atoms with Crippen molar-refractivity contribution in [3.05, 3.63) is 131 Å². The van der Waals surface area contributed by atoms with Gasteiger partial charge in [-0.1, -0.05) is 118 Å². The number of ether oxygens (including phenoxy) is 1. The van der Waals surface area contributed by atoms with Gasteiger partial charge in [-0.05, 0) is 59.4 Å². The van der Waals surface area contributed by atoms with E-state index in [9.17, 15) is 0 Å². The smallest absolute Gasteiger partial charge is 0.242 e. The van der Waals surface area contributed by atoms with Gasteiger partial charge >= 0.3 is 0 Å². The van der Waals surface area contributed by atoms with E-state index in [4.69, 9.17) is 4.74 Å². The molecule has 8 rings (SSSR count). The van der Waals surface area contributed by atoms with Crippen molar-refractivity contribution >= 4 is 46.2 Å². The number of rotatable bonds is 0. The van der Waals surface area contributed by atoms with Crippen LogP contribution in [0.2, 0.25) is 0 Å². The van der Waals surface area contributed by atoms with Crippen LogP contribution in [0.4, 0.5) is 0 Å². The number of hydrogen-bond acceptors (Lipinski definition) is 1. The minimum absolute atomic E-state index is 0.203. The maximum atomic E-state index is 6.52. The van der Waals surface area contributed by atoms with Crippen LogP contribution >= 0.6 is 0 Å². The van der Waals surface area contributed by atoms with Crippen LogP contribution in [0.25, 0.3) is 0 Å². The second-order valence-corrected chi connectivity index (χ2v) is 10.1. The van der Waals surface area contributed by atoms with Crippen molar-refractivity contribution in [1.82, 2.24) is 0 Å². The summed E-state index contributed by atoms with van der Waals surface area (Å²) in [6.45, 7) is 0.407. The summed E-state index contributed by atoms with van der Waals surface area (Å²) < 4.78 is 6.52. The lowest BCUT2D eigenvalue weighted by Gasteiger charge is -2.30. The van der Waals surface area contributed by atoms with E-state index in [2.05, 4.69) is 109 Å². The van der Waals surface area contributed by atoms with Crippen molar-refractivity contribution in [3.8, 4) is 11.5 Å². The van der Waals surface area contributed by atoms with Crippen LogP contribution in [0, 0.1) is 0 Å². The lowest BCUT2D eigenvalue weighted by atomic mass is 9.30. The van der Waals surface area contributed by atoms with Gasteiger partial charge < -0.3 is 4.74 Å². The Morgan fingerprint density at radius 1 is 0.429 bits per heavy atom. The Labute approximate surface area is 206 Å². The van der Waals surface area contributed by atoms with Crippen LogP contribution in [-0.2, 0) is 12.8 Å². The molecular weight excluding hydrogens is 422 g/mol. The van der Waals surface area contributed by atoms with E-state index in [1.165, 1.54) is 55.0 Å². The fraction of sp³-hybridized carbons (Fsp3) is 0.0625. The maximum absolute atomic E-state index is 6.52. The van der Waals surface area contributed by atoms with Crippen molar-refractivity contribution in [3.63, 3.8) is 0 Å². The van der Waals surface area contributed by atoms with Gasteiger partial charge in [0.2, 0.25) is 13.4 Å². The van der Waals surface area contributed by atoms with Crippen LogP contribution in [0.15, 0.2) is 109 Å². The zero-order chi connectivity index (χ0) is 22.9. The van der Waals surface area contributed by atoms with E-state index in [0.29, 0.717) is 0 Å². The molecule has 0 unspecified atom stereocenters. The average Bonchev–Trinajstić information content (AvgIpc) is 2.90. The highest BCUT2D eigenvalue weighted by molar-refractivity contribution is 6.99. The largest absolute Gasteiger partial charge is 0.457 e. The molecule has 35 heavy (non-hydrogen) atoms. The zero-order valence-electron chi connectivity index (χ0n) is 19.4. The summed E-state index contributed by atoms with van der Waals surface area (Å²) in [6.07, 6.45) is 1.94. The summed E-state index contributed by atoms with van der Waals surface area (Å²) in [7, 11) is 0. The minimum Gasteiger partial charge on any atom is -0.457 e. The molecule has 1 nitrogen and oxygen atoms in total. The van der Waals surface area contributed by atoms with Crippen LogP contribution in [-0.4, -0.2) is 13.4 Å². The highest BCUT2D eigenvalue weighted by atomic mass is 16.5. The van der Waals surface area contributed by atoms with E-state index < -0.39 is 0 Å². The zero-order valence-corrected chi connectivity index (χ0v) is 19.4. The molecule has 0 aromatic heterocycles. The molecule has 3 aliphatic heterocycles. The highest BCUT2D eigenvalue weighted by Crippen LogP contribution is 2.26. The molecule has 0 atom stereocenters. The lowest BCUT2D eigenvalue weighted by Crippen LogP contribution is -2.60. The monoisotopic (exact) mass is 444 g/mol. The molecule has 0 fully saturated rings. The predicted octanol–water partition coefficient (Wildman–Crippen LogP) is 2.63. The molecule has 5 aromatic carbocycles. The quantitative estimate of drug-likeness (QED) is 0.327. The van der Waals surface area contributed by atoms with E-state index in [0.717, 1.165) is 24.3 Å². The lowest BCUT2D eigenvalue weighted by molar-refractivity contribution is 0.483. The van der Waals surface area contributed by atoms with Gasteiger partial charge in [0, 0.05) is 0 Å². The highest BCUT2D eigenvalue weighted by Gasteiger charge is 2.34. The molecule has 0 N–H and O–H groups in total. The standard InChI is InChI=1S/C32H22B2O/c1-3-10-29-21(6-1)16-23-12-14-27-19-31(23)33(29)25-8-5-9-26(18-25)34-30-11-4-2-7-22(30)17-24-13-15-28(35-27)20-32(24)34/h1-15,18-20H,16-17H2. The molecule has 5 aromatic rings. The Balaban J connectivity index is 1.44. The Kier molecular flexibility index (Phi) is 4.01. The van der Waals surface area contributed by atoms with E-state index >= 15 is 0 Å². The molecule has 0 amide bonds. The fourth-order valence-corrected chi connectivity index (χ4v) is 6.60. The molecule has 3 aliphatic rings. The van der Waals surface area contributed by atoms with Gasteiger partial charge in [-0.25, -0.2) is 0 Å². The van der Waals surface area contributed by atoms with Crippen molar-refractivity contribution in [2.24, 2.45) is 0 Å². The van der Waals surface area contributed by atoms with Gasteiger partial charge in [0.25, 0.3) is 0 Å². The summed E-state index contributed by atoms with van der Waals surface area (Å²) in [5.74, 6) is 1.83. The summed E-state index contributed by atoms with van der Waals surface area (Å²) >= 11 is 0. The molecular formula is C32H22B2O. The third-order valence-electron chi connectivity index (χ3n) is 8.16. The summed E-state index contributed by atoms with van der Waals surface area (Å²) in [5, 5.41) is 0. The first-order valence-corrected chi connectivity index (χ1v) is 12.5. The minimum atomic E-state index is 0.203. The summed E-state index contributed by atoms with van der Waals surface area (Å²) in [6, 6.07) is 40.6. The van der Waals surface area contributed by atoms with Gasteiger partial charge in [-0.2, -0.15) is 0 Å². The maximum Gasteiger partial charge on any atom is 0.242 e. The van der Waals surface area contributed by atoms with Crippen LogP contribution in [0.3, 0.4) is 0 Å². The van der Waals surface area contributed by atoms with Crippen molar-refractivity contribution < 1.29 is 4.74 Å². The Morgan fingerprint density at radius 2 is 0.914 bits per heavy atom. The normalized spacial score (nSPS) is 14.2. The molecule has 6 bridgehead atoms. The third-order valence-corrected chi connectivity index (χ3v) is 8.16. The number of hydrogen-bond donors (Lipinski definition) is 0. The predicted molar refractivity (Wildman–Crippen MR) is 147 cm³/mol. The first-order chi connectivity index (χ1) is 17.3. The Morgan fingerprint density at radius 3 is 1.46 bits per heavy atom. The second kappa shape index (κ2) is 7.26. The molecule has 3 heteroatoms. The summed E-state index contributed by atoms with van der Waals surface area (Å²) in [5.41, 5.74) is 13.9. The molecule has 162 valence electrons. The van der Waals surface area contributed by atoms with E-state index in [-0.39, 0.29) is 13.4 Å². The molecule has 0 saturated heterocycles. The average molecular weight is 444 g/mol. The first-order valence-electron chi connectivity index (χ1n) is 12.5. The van der Waals surface area contributed by atoms with E-state index in [1.54, 1.807) is 0 Å². The molecule has 0 spiro atoms. The van der Waals surface area contributed by atoms with Crippen LogP contribution < -0.4 is 37.5 Å². The molecule has 0 radical (unpaired) electrons. The SMILES string of the molecule is c1cc2cc(c1)B1c3ccccc3Cc3ccc(cc31)Oc1ccc3c(c1)B2c1ccccc1C3. The van der Waals surface area contributed by atoms with Gasteiger partial charge in [-0.15, -0.1) is 0 Å². The van der Waals surface area contributed by atoms with Crippen LogP contribution in [0.1, 0.15) is 22.3 Å².